The Kier molecular flexibility index (Phi) is 2.40. The highest BCUT2D eigenvalue weighted by molar-refractivity contribution is 9.10. The Labute approximate surface area is 105 Å². The Morgan fingerprint density at radius 1 is 1.06 bits per heavy atom. The highest BCUT2D eigenvalue weighted by Gasteiger charge is 2.11. The summed E-state index contributed by atoms with van der Waals surface area (Å²) in [7, 11) is 0. The second-order valence-electron chi connectivity index (χ2n) is 3.53. The quantitative estimate of drug-likeness (QED) is 0.644. The van der Waals surface area contributed by atoms with Crippen LogP contribution in [0.15, 0.2) is 47.1 Å². The van der Waals surface area contributed by atoms with Crippen molar-refractivity contribution in [2.24, 2.45) is 0 Å². The molecule has 0 spiro atoms. The van der Waals surface area contributed by atoms with Gasteiger partial charge in [-0.3, -0.25) is 0 Å². The third kappa shape index (κ3) is 1.72. The lowest BCUT2D eigenvalue weighted by Gasteiger charge is -1.95. The molecule has 0 aliphatic carbocycles. The van der Waals surface area contributed by atoms with Crippen LogP contribution in [-0.2, 0) is 0 Å². The van der Waals surface area contributed by atoms with E-state index in [1.807, 2.05) is 18.2 Å². The van der Waals surface area contributed by atoms with Gasteiger partial charge in [-0.15, -0.1) is 5.10 Å². The topological polar surface area (TPSA) is 30.2 Å². The summed E-state index contributed by atoms with van der Waals surface area (Å²) in [5.74, 6) is 0.0644. The molecule has 2 heterocycles. The van der Waals surface area contributed by atoms with E-state index in [1.54, 1.807) is 22.7 Å². The Bertz CT molecular complexity index is 693. The number of aromatic nitrogens is 3. The first-order chi connectivity index (χ1) is 8.25. The van der Waals surface area contributed by atoms with Gasteiger partial charge >= 0.3 is 0 Å². The Balaban J connectivity index is 2.26. The van der Waals surface area contributed by atoms with Gasteiger partial charge in [-0.2, -0.15) is 0 Å². The van der Waals surface area contributed by atoms with Gasteiger partial charge in [0.2, 0.25) is 0 Å². The van der Waals surface area contributed by atoms with Crippen LogP contribution in [-0.4, -0.2) is 14.6 Å². The molecule has 0 aliphatic heterocycles. The highest BCUT2D eigenvalue weighted by Crippen LogP contribution is 2.21. The molecule has 1 aromatic carbocycles. The molecule has 0 amide bonds. The Hall–Kier alpha value is -1.75. The molecule has 3 nitrogen and oxygen atoms in total. The number of hydrogen-bond donors (Lipinski definition) is 0. The zero-order chi connectivity index (χ0) is 11.8. The van der Waals surface area contributed by atoms with E-state index in [0.29, 0.717) is 17.0 Å². The number of rotatable bonds is 1. The van der Waals surface area contributed by atoms with Crippen LogP contribution in [0.1, 0.15) is 0 Å². The molecule has 0 unspecified atom stereocenters. The van der Waals surface area contributed by atoms with Crippen LogP contribution in [0.5, 0.6) is 0 Å². The lowest BCUT2D eigenvalue weighted by atomic mass is 10.2. The van der Waals surface area contributed by atoms with Gasteiger partial charge in [0.15, 0.2) is 11.5 Å². The van der Waals surface area contributed by atoms with Crippen LogP contribution in [0.3, 0.4) is 0 Å². The maximum absolute atomic E-state index is 13.6. The number of fused-ring (bicyclic) bond motifs is 1. The summed E-state index contributed by atoms with van der Waals surface area (Å²) in [5.41, 5.74) is 1.08. The molecule has 84 valence electrons. The van der Waals surface area contributed by atoms with Crippen LogP contribution in [0.2, 0.25) is 0 Å². The molecule has 0 saturated carbocycles. The van der Waals surface area contributed by atoms with Crippen LogP contribution in [0.25, 0.3) is 17.0 Å². The Morgan fingerprint density at radius 3 is 2.65 bits per heavy atom. The minimum absolute atomic E-state index is 0.320. The summed E-state index contributed by atoms with van der Waals surface area (Å²) in [5, 5.41) is 4.26. The largest absolute Gasteiger partial charge is 0.207 e. The van der Waals surface area contributed by atoms with Crippen molar-refractivity contribution in [3.8, 4) is 11.4 Å². The predicted octanol–water partition coefficient (Wildman–Crippen LogP) is 3.30. The zero-order valence-electron chi connectivity index (χ0n) is 8.64. The van der Waals surface area contributed by atoms with Gasteiger partial charge in [0, 0.05) is 0 Å². The zero-order valence-corrected chi connectivity index (χ0v) is 10.2. The normalized spacial score (nSPS) is 10.9. The third-order valence-electron chi connectivity index (χ3n) is 2.43. The summed E-state index contributed by atoms with van der Waals surface area (Å²) in [6, 6.07) is 12.0. The molecule has 0 N–H and O–H groups in total. The number of pyridine rings is 1. The fourth-order valence-electron chi connectivity index (χ4n) is 1.63. The van der Waals surface area contributed by atoms with Gasteiger partial charge < -0.3 is 0 Å². The maximum atomic E-state index is 13.6. The molecule has 2 aromatic heterocycles. The minimum atomic E-state index is -0.320. The lowest BCUT2D eigenvalue weighted by Crippen LogP contribution is -1.89. The van der Waals surface area contributed by atoms with Crippen LogP contribution in [0.4, 0.5) is 4.39 Å². The molecule has 3 aromatic rings. The molecule has 3 rings (SSSR count). The van der Waals surface area contributed by atoms with Crippen molar-refractivity contribution < 1.29 is 4.39 Å². The number of nitrogens with zero attached hydrogens (tertiary/aromatic N) is 3. The summed E-state index contributed by atoms with van der Waals surface area (Å²) in [4.78, 5) is 4.29. The molecule has 0 bridgehead atoms. The number of halogens is 2. The fraction of sp³-hybridized carbons (Fsp3) is 0. The average Bonchev–Trinajstić information content (AvgIpc) is 2.75. The molecule has 0 fully saturated rings. The highest BCUT2D eigenvalue weighted by atomic mass is 79.9. The number of hydrogen-bond acceptors (Lipinski definition) is 2. The van der Waals surface area contributed by atoms with Crippen LogP contribution >= 0.6 is 15.9 Å². The van der Waals surface area contributed by atoms with E-state index in [1.165, 1.54) is 6.07 Å². The second-order valence-corrected chi connectivity index (χ2v) is 4.35. The van der Waals surface area contributed by atoms with Crippen molar-refractivity contribution in [2.75, 3.05) is 0 Å². The monoisotopic (exact) mass is 291 g/mol. The third-order valence-corrected chi connectivity index (χ3v) is 3.03. The van der Waals surface area contributed by atoms with Crippen molar-refractivity contribution in [3.05, 3.63) is 52.9 Å². The minimum Gasteiger partial charge on any atom is -0.207 e. The Morgan fingerprint density at radius 2 is 1.88 bits per heavy atom. The molecular weight excluding hydrogens is 285 g/mol. The van der Waals surface area contributed by atoms with Crippen LogP contribution in [0, 0.1) is 5.82 Å². The lowest BCUT2D eigenvalue weighted by molar-refractivity contribution is 0.630. The molecule has 0 radical (unpaired) electrons. The standard InChI is InChI=1S/C12H7BrFN3/c13-10-6-3-7-11-15-12(16-17(10)11)8-4-1-2-5-9(8)14/h1-7H. The van der Waals surface area contributed by atoms with Gasteiger partial charge in [0.25, 0.3) is 0 Å². The van der Waals surface area contributed by atoms with Crippen molar-refractivity contribution in [1.29, 1.82) is 0 Å². The second kappa shape index (κ2) is 3.92. The molecule has 0 saturated heterocycles. The first-order valence-corrected chi connectivity index (χ1v) is 5.81. The predicted molar refractivity (Wildman–Crippen MR) is 66.1 cm³/mol. The average molecular weight is 292 g/mol. The van der Waals surface area contributed by atoms with Gasteiger partial charge in [0.1, 0.15) is 10.4 Å². The summed E-state index contributed by atoms with van der Waals surface area (Å²) < 4.78 is 16.0. The van der Waals surface area contributed by atoms with Crippen molar-refractivity contribution in [3.63, 3.8) is 0 Å². The van der Waals surface area contributed by atoms with E-state index in [4.69, 9.17) is 0 Å². The van der Waals surface area contributed by atoms with E-state index >= 15 is 0 Å². The van der Waals surface area contributed by atoms with Crippen molar-refractivity contribution in [2.45, 2.75) is 0 Å². The van der Waals surface area contributed by atoms with E-state index in [0.717, 1.165) is 4.60 Å². The number of benzene rings is 1. The molecular formula is C12H7BrFN3. The van der Waals surface area contributed by atoms with E-state index in [2.05, 4.69) is 26.0 Å². The first-order valence-electron chi connectivity index (χ1n) is 5.02. The molecule has 0 atom stereocenters. The van der Waals surface area contributed by atoms with Gasteiger partial charge in [-0.05, 0) is 40.2 Å². The van der Waals surface area contributed by atoms with Gasteiger partial charge in [-0.1, -0.05) is 18.2 Å². The SMILES string of the molecule is Fc1ccccc1-c1nc2cccc(Br)n2n1. The molecule has 5 heteroatoms. The van der Waals surface area contributed by atoms with Gasteiger partial charge in [-0.25, -0.2) is 13.9 Å². The summed E-state index contributed by atoms with van der Waals surface area (Å²) in [6.45, 7) is 0. The fourth-order valence-corrected chi connectivity index (χ4v) is 2.04. The molecule has 17 heavy (non-hydrogen) atoms. The van der Waals surface area contributed by atoms with E-state index < -0.39 is 0 Å². The maximum Gasteiger partial charge on any atom is 0.185 e. The van der Waals surface area contributed by atoms with E-state index in [9.17, 15) is 4.39 Å². The van der Waals surface area contributed by atoms with E-state index in [-0.39, 0.29) is 5.82 Å². The summed E-state index contributed by atoms with van der Waals surface area (Å²) >= 11 is 3.37. The first kappa shape index (κ1) is 10.4. The van der Waals surface area contributed by atoms with Crippen molar-refractivity contribution >= 4 is 21.6 Å². The van der Waals surface area contributed by atoms with Crippen LogP contribution < -0.4 is 0 Å². The molecule has 0 aliphatic rings. The van der Waals surface area contributed by atoms with Gasteiger partial charge in [0.05, 0.1) is 5.56 Å². The smallest absolute Gasteiger partial charge is 0.185 e. The van der Waals surface area contributed by atoms with Crippen molar-refractivity contribution in [1.82, 2.24) is 14.6 Å². The summed E-state index contributed by atoms with van der Waals surface area (Å²) in [6.07, 6.45) is 0.